The molecule has 3 rings (SSSR count). The zero-order valence-electron chi connectivity index (χ0n) is 15.4. The second kappa shape index (κ2) is 8.77. The van der Waals surface area contributed by atoms with E-state index >= 15 is 0 Å². The number of carbonyl (C=O) groups excluding carboxylic acids is 1. The van der Waals surface area contributed by atoms with Gasteiger partial charge in [0.15, 0.2) is 0 Å². The van der Waals surface area contributed by atoms with Gasteiger partial charge >= 0.3 is 5.97 Å². The number of hydrogen-bond acceptors (Lipinski definition) is 6. The molecule has 0 amide bonds. The summed E-state index contributed by atoms with van der Waals surface area (Å²) in [5.74, 6) is 0.263. The first-order valence-corrected chi connectivity index (χ1v) is 9.82. The summed E-state index contributed by atoms with van der Waals surface area (Å²) in [5, 5.41) is 10.2. The molecule has 0 aliphatic carbocycles. The number of phenolic OH excluding ortho intramolecular Hbond substituents is 1. The topological polar surface area (TPSA) is 72.3 Å². The van der Waals surface area contributed by atoms with Gasteiger partial charge in [-0.15, -0.1) is 11.3 Å². The Kier molecular flexibility index (Phi) is 6.19. The van der Waals surface area contributed by atoms with E-state index in [4.69, 9.17) is 4.74 Å². The van der Waals surface area contributed by atoms with Crippen molar-refractivity contribution < 1.29 is 14.6 Å². The Morgan fingerprint density at radius 2 is 1.85 bits per heavy atom. The van der Waals surface area contributed by atoms with Crippen LogP contribution in [0.2, 0.25) is 0 Å². The van der Waals surface area contributed by atoms with Crippen molar-refractivity contribution in [3.63, 3.8) is 0 Å². The van der Waals surface area contributed by atoms with E-state index in [0.717, 1.165) is 41.7 Å². The molecule has 0 aliphatic heterocycles. The molecule has 27 heavy (non-hydrogen) atoms. The summed E-state index contributed by atoms with van der Waals surface area (Å²) in [4.78, 5) is 21.6. The van der Waals surface area contributed by atoms with Gasteiger partial charge < -0.3 is 9.84 Å². The number of hydrogen-bond donors (Lipinski definition) is 1. The maximum absolute atomic E-state index is 12.2. The molecule has 2 aromatic heterocycles. The second-order valence-corrected chi connectivity index (χ2v) is 7.34. The van der Waals surface area contributed by atoms with Gasteiger partial charge in [0.1, 0.15) is 17.0 Å². The molecule has 0 bridgehead atoms. The minimum Gasteiger partial charge on any atom is -0.507 e. The van der Waals surface area contributed by atoms with Crippen molar-refractivity contribution in [2.75, 3.05) is 0 Å². The van der Waals surface area contributed by atoms with Gasteiger partial charge in [-0.3, -0.25) is 0 Å². The molecule has 0 atom stereocenters. The van der Waals surface area contributed by atoms with Crippen LogP contribution in [0.3, 0.4) is 0 Å². The highest BCUT2D eigenvalue weighted by Crippen LogP contribution is 2.27. The van der Waals surface area contributed by atoms with Crippen molar-refractivity contribution in [3.8, 4) is 11.6 Å². The first-order chi connectivity index (χ1) is 13.1. The summed E-state index contributed by atoms with van der Waals surface area (Å²) in [5.41, 5.74) is 3.19. The van der Waals surface area contributed by atoms with E-state index in [0.29, 0.717) is 10.6 Å². The predicted molar refractivity (Wildman–Crippen MR) is 106 cm³/mol. The molecule has 0 saturated carbocycles. The van der Waals surface area contributed by atoms with Gasteiger partial charge in [-0.25, -0.2) is 14.8 Å². The SMILES string of the molecule is CCc1cc(CCc2ccc(C(=O)Oc3ccncn3)s2)cc(CC)c1O. The van der Waals surface area contributed by atoms with E-state index in [-0.39, 0.29) is 5.88 Å². The summed E-state index contributed by atoms with van der Waals surface area (Å²) in [6, 6.07) is 9.45. The molecular weight excluding hydrogens is 360 g/mol. The van der Waals surface area contributed by atoms with Gasteiger partial charge in [0.2, 0.25) is 5.88 Å². The minimum atomic E-state index is -0.406. The van der Waals surface area contributed by atoms with Gasteiger partial charge in [-0.1, -0.05) is 26.0 Å². The lowest BCUT2D eigenvalue weighted by Gasteiger charge is -2.11. The van der Waals surface area contributed by atoms with Crippen LogP contribution in [0, 0.1) is 0 Å². The van der Waals surface area contributed by atoms with Crippen molar-refractivity contribution in [3.05, 3.63) is 69.3 Å². The van der Waals surface area contributed by atoms with E-state index in [1.807, 2.05) is 19.9 Å². The van der Waals surface area contributed by atoms with Crippen LogP contribution in [-0.2, 0) is 25.7 Å². The highest BCUT2D eigenvalue weighted by molar-refractivity contribution is 7.13. The summed E-state index contributed by atoms with van der Waals surface area (Å²) in [6.45, 7) is 4.10. The zero-order chi connectivity index (χ0) is 19.2. The second-order valence-electron chi connectivity index (χ2n) is 6.17. The molecule has 0 unspecified atom stereocenters. The van der Waals surface area contributed by atoms with E-state index in [2.05, 4.69) is 22.1 Å². The van der Waals surface area contributed by atoms with E-state index < -0.39 is 5.97 Å². The summed E-state index contributed by atoms with van der Waals surface area (Å²) in [6.07, 6.45) is 6.19. The van der Waals surface area contributed by atoms with Gasteiger partial charge in [-0.2, -0.15) is 0 Å². The molecule has 3 aromatic rings. The van der Waals surface area contributed by atoms with Crippen LogP contribution in [0.15, 0.2) is 42.9 Å². The summed E-state index contributed by atoms with van der Waals surface area (Å²) >= 11 is 1.44. The maximum atomic E-state index is 12.2. The molecule has 0 fully saturated rings. The number of thiophene rings is 1. The molecule has 1 N–H and O–H groups in total. The van der Waals surface area contributed by atoms with Crippen LogP contribution in [0.1, 0.15) is 45.1 Å². The number of carbonyl (C=O) groups is 1. The average molecular weight is 382 g/mol. The third-order valence-electron chi connectivity index (χ3n) is 4.36. The van der Waals surface area contributed by atoms with Gasteiger partial charge in [0, 0.05) is 17.1 Å². The molecule has 0 spiro atoms. The Morgan fingerprint density at radius 1 is 1.11 bits per heavy atom. The van der Waals surface area contributed by atoms with Crippen LogP contribution < -0.4 is 4.74 Å². The quantitative estimate of drug-likeness (QED) is 0.614. The van der Waals surface area contributed by atoms with Crippen molar-refractivity contribution in [2.45, 2.75) is 39.5 Å². The fourth-order valence-corrected chi connectivity index (χ4v) is 3.77. The number of aromatic hydroxyl groups is 1. The molecule has 1 aromatic carbocycles. The Bertz CT molecular complexity index is 897. The fourth-order valence-electron chi connectivity index (χ4n) is 2.89. The van der Waals surface area contributed by atoms with Crippen LogP contribution in [0.4, 0.5) is 0 Å². The lowest BCUT2D eigenvalue weighted by molar-refractivity contribution is 0.0732. The van der Waals surface area contributed by atoms with Gasteiger partial charge in [0.05, 0.1) is 0 Å². The number of rotatable bonds is 7. The smallest absolute Gasteiger partial charge is 0.355 e. The lowest BCUT2D eigenvalue weighted by Crippen LogP contribution is -2.07. The van der Waals surface area contributed by atoms with Crippen molar-refractivity contribution in [1.82, 2.24) is 9.97 Å². The standard InChI is InChI=1S/C21H22N2O3S/c1-3-15-11-14(12-16(4-2)20(15)24)5-6-17-7-8-18(27-17)21(25)26-19-9-10-22-13-23-19/h7-13,24H,3-6H2,1-2H3. The zero-order valence-corrected chi connectivity index (χ0v) is 16.3. The van der Waals surface area contributed by atoms with Crippen LogP contribution >= 0.6 is 11.3 Å². The Hall–Kier alpha value is -2.73. The third-order valence-corrected chi connectivity index (χ3v) is 5.49. The lowest BCUT2D eigenvalue weighted by atomic mass is 9.98. The Morgan fingerprint density at radius 3 is 2.48 bits per heavy atom. The van der Waals surface area contributed by atoms with E-state index in [1.165, 1.54) is 29.4 Å². The summed E-state index contributed by atoms with van der Waals surface area (Å²) < 4.78 is 5.24. The largest absolute Gasteiger partial charge is 0.507 e. The van der Waals surface area contributed by atoms with Crippen molar-refractivity contribution in [1.29, 1.82) is 0 Å². The highest BCUT2D eigenvalue weighted by atomic mass is 32.1. The predicted octanol–water partition coefficient (Wildman–Crippen LogP) is 4.37. The Balaban J connectivity index is 1.65. The highest BCUT2D eigenvalue weighted by Gasteiger charge is 2.13. The molecule has 140 valence electrons. The number of aryl methyl sites for hydroxylation is 4. The number of nitrogens with zero attached hydrogens (tertiary/aromatic N) is 2. The number of esters is 1. The first-order valence-electron chi connectivity index (χ1n) is 9.01. The molecule has 0 aliphatic rings. The van der Waals surface area contributed by atoms with Gasteiger partial charge in [0.25, 0.3) is 0 Å². The number of phenols is 1. The number of benzene rings is 1. The third kappa shape index (κ3) is 4.71. The maximum Gasteiger partial charge on any atom is 0.355 e. The van der Waals surface area contributed by atoms with Gasteiger partial charge in [-0.05, 0) is 54.5 Å². The van der Waals surface area contributed by atoms with Crippen LogP contribution in [0.25, 0.3) is 0 Å². The Labute approximate surface area is 162 Å². The summed E-state index contributed by atoms with van der Waals surface area (Å²) in [7, 11) is 0. The fraction of sp³-hybridized carbons (Fsp3) is 0.286. The van der Waals surface area contributed by atoms with E-state index in [1.54, 1.807) is 12.1 Å². The normalized spacial score (nSPS) is 10.7. The molecule has 2 heterocycles. The molecule has 5 nitrogen and oxygen atoms in total. The minimum absolute atomic E-state index is 0.244. The molecular formula is C21H22N2O3S. The first kappa shape index (κ1) is 19.0. The number of aromatic nitrogens is 2. The molecule has 6 heteroatoms. The van der Waals surface area contributed by atoms with E-state index in [9.17, 15) is 9.90 Å². The van der Waals surface area contributed by atoms with Crippen molar-refractivity contribution >= 4 is 17.3 Å². The van der Waals surface area contributed by atoms with Crippen LogP contribution in [0.5, 0.6) is 11.6 Å². The van der Waals surface area contributed by atoms with Crippen LogP contribution in [-0.4, -0.2) is 21.0 Å². The molecule has 0 saturated heterocycles. The number of ether oxygens (including phenoxy) is 1. The average Bonchev–Trinajstić information content (AvgIpc) is 3.17. The monoisotopic (exact) mass is 382 g/mol. The molecule has 0 radical (unpaired) electrons. The van der Waals surface area contributed by atoms with Crippen molar-refractivity contribution in [2.24, 2.45) is 0 Å².